The smallest absolute Gasteiger partial charge is 0.450 e. The van der Waals surface area contributed by atoms with Gasteiger partial charge in [-0.1, -0.05) is 18.7 Å². The maximum absolute atomic E-state index is 12.1. The molecule has 0 radical (unpaired) electrons. The number of aryl methyl sites for hydroxylation is 1. The van der Waals surface area contributed by atoms with Gasteiger partial charge in [0, 0.05) is 0 Å². The van der Waals surface area contributed by atoms with Gasteiger partial charge in [0.25, 0.3) is 11.2 Å². The van der Waals surface area contributed by atoms with E-state index in [9.17, 15) is 29.0 Å². The summed E-state index contributed by atoms with van der Waals surface area (Å²) in [6.45, 7) is -0.857. The van der Waals surface area contributed by atoms with Crippen LogP contribution in [-0.2, 0) is 29.7 Å². The van der Waals surface area contributed by atoms with Gasteiger partial charge in [-0.25, -0.2) is 13.7 Å². The average molecular weight is 525 g/mol. The van der Waals surface area contributed by atoms with Gasteiger partial charge in [0.1, 0.15) is 18.3 Å². The highest BCUT2D eigenvalue weighted by Crippen LogP contribution is 2.57. The summed E-state index contributed by atoms with van der Waals surface area (Å²) in [5.74, 6) is -0.203. The molecule has 3 aromatic rings. The highest BCUT2D eigenvalue weighted by atomic mass is 31.3. The minimum Gasteiger partial charge on any atom is -0.450 e. The van der Waals surface area contributed by atoms with Crippen LogP contribution in [0.1, 0.15) is 6.23 Å². The normalized spacial score (nSPS) is 24.5. The fourth-order valence-corrected chi connectivity index (χ4v) is 4.67. The third kappa shape index (κ3) is 6.13. The van der Waals surface area contributed by atoms with Crippen LogP contribution in [0.3, 0.4) is 0 Å². The molecule has 34 heavy (non-hydrogen) atoms. The lowest BCUT2D eigenvalue weighted by Gasteiger charge is -2.17. The van der Waals surface area contributed by atoms with Crippen molar-refractivity contribution >= 4 is 32.8 Å². The minimum absolute atomic E-state index is 0.0317. The number of nitrogens with zero attached hydrogens (tertiary/aromatic N) is 5. The summed E-state index contributed by atoms with van der Waals surface area (Å²) in [4.78, 5) is 52.0. The van der Waals surface area contributed by atoms with Gasteiger partial charge >= 0.3 is 21.2 Å². The van der Waals surface area contributed by atoms with E-state index in [1.165, 1.54) is 28.8 Å². The number of nitrogens with one attached hydrogen (secondary N) is 1. The van der Waals surface area contributed by atoms with Crippen molar-refractivity contribution in [3.8, 4) is 0 Å². The molecule has 0 aliphatic carbocycles. The number of phosphoric acid groups is 2. The number of fused-ring (bicyclic) bond motifs is 1. The van der Waals surface area contributed by atoms with Crippen LogP contribution in [0.15, 0.2) is 29.8 Å². The van der Waals surface area contributed by atoms with E-state index < -0.39 is 52.4 Å². The highest BCUT2D eigenvalue weighted by molar-refractivity contribution is 7.60. The van der Waals surface area contributed by atoms with Crippen molar-refractivity contribution in [1.29, 1.82) is 0 Å². The number of ether oxygens (including phenoxy) is 1. The zero-order chi connectivity index (χ0) is 25.3. The molecule has 1 aliphatic heterocycles. The number of imidazole rings is 2. The van der Waals surface area contributed by atoms with Crippen LogP contribution in [0.2, 0.25) is 0 Å². The first kappa shape index (κ1) is 26.1. The summed E-state index contributed by atoms with van der Waals surface area (Å²) in [6.07, 6.45) is 0.235. The van der Waals surface area contributed by atoms with Crippen LogP contribution < -0.4 is 20.8 Å². The van der Waals surface area contributed by atoms with Gasteiger partial charge in [-0.15, -0.1) is 0 Å². The van der Waals surface area contributed by atoms with Crippen LogP contribution in [0.4, 0.5) is 5.95 Å². The molecule has 0 spiro atoms. The summed E-state index contributed by atoms with van der Waals surface area (Å²) < 4.78 is 38.3. The first-order valence-corrected chi connectivity index (χ1v) is 12.2. The summed E-state index contributed by atoms with van der Waals surface area (Å²) in [5.41, 5.74) is 5.11. The number of phosphoric ester groups is 1. The summed E-state index contributed by atoms with van der Waals surface area (Å²) in [7, 11) is -8.97. The number of aliphatic hydroxyl groups is 2. The van der Waals surface area contributed by atoms with Gasteiger partial charge in [-0.2, -0.15) is 13.9 Å². The van der Waals surface area contributed by atoms with Gasteiger partial charge in [0.05, 0.1) is 13.7 Å². The molecule has 4 heterocycles. The topological polar surface area (TPSA) is 271 Å². The number of nitrogen functional groups attached to an aromatic ring is 1. The largest absolute Gasteiger partial charge is 0.481 e. The lowest BCUT2D eigenvalue weighted by atomic mass is 10.1. The molecule has 0 saturated carbocycles. The van der Waals surface area contributed by atoms with Crippen molar-refractivity contribution in [3.05, 3.63) is 35.4 Å². The number of hydrogen-bond donors (Lipinski definition) is 7. The summed E-state index contributed by atoms with van der Waals surface area (Å²) >= 11 is 0. The third-order valence-corrected chi connectivity index (χ3v) is 6.54. The number of nitrogens with two attached hydrogens (primary N) is 1. The van der Waals surface area contributed by atoms with Crippen LogP contribution in [0, 0.1) is 0 Å². The molecule has 1 fully saturated rings. The molecule has 18 nitrogen and oxygen atoms in total. The zero-order valence-electron chi connectivity index (χ0n) is 17.2. The molecule has 8 N–H and O–H groups in total. The third-order valence-electron chi connectivity index (χ3n) is 4.38. The fraction of sp³-hybridized carbons (Fsp3) is 0.429. The second-order valence-corrected chi connectivity index (χ2v) is 9.68. The number of aromatic amines is 1. The van der Waals surface area contributed by atoms with Crippen molar-refractivity contribution in [3.63, 3.8) is 0 Å². The Balaban J connectivity index is 0.000000574. The number of aromatic nitrogens is 6. The first-order valence-electron chi connectivity index (χ1n) is 9.17. The number of rotatable bonds is 6. The molecule has 1 unspecified atom stereocenters. The first-order chi connectivity index (χ1) is 15.8. The van der Waals surface area contributed by atoms with Gasteiger partial charge in [-0.05, 0) is 0 Å². The van der Waals surface area contributed by atoms with Crippen LogP contribution in [0.5, 0.6) is 0 Å². The molecule has 4 rings (SSSR count). The van der Waals surface area contributed by atoms with E-state index in [2.05, 4.69) is 28.8 Å². The van der Waals surface area contributed by atoms with Gasteiger partial charge in [0.2, 0.25) is 18.5 Å². The highest BCUT2D eigenvalue weighted by Gasteiger charge is 2.48. The fourth-order valence-electron chi connectivity index (χ4n) is 3.07. The molecule has 20 heteroatoms. The Morgan fingerprint density at radius 2 is 2.03 bits per heavy atom. The van der Waals surface area contributed by atoms with E-state index >= 15 is 0 Å². The van der Waals surface area contributed by atoms with Crippen LogP contribution >= 0.6 is 15.6 Å². The maximum atomic E-state index is 12.1. The van der Waals surface area contributed by atoms with Crippen LogP contribution in [0.25, 0.3) is 11.2 Å². The Morgan fingerprint density at radius 1 is 1.32 bits per heavy atom. The van der Waals surface area contributed by atoms with E-state index in [1.807, 2.05) is 0 Å². The van der Waals surface area contributed by atoms with Crippen molar-refractivity contribution in [2.75, 3.05) is 12.3 Å². The van der Waals surface area contributed by atoms with E-state index in [0.29, 0.717) is 0 Å². The molecule has 0 amide bonds. The average Bonchev–Trinajstić information content (AvgIpc) is 3.42. The Bertz CT molecular complexity index is 1260. The molecule has 5 atom stereocenters. The molecule has 0 aromatic carbocycles. The van der Waals surface area contributed by atoms with E-state index in [4.69, 9.17) is 20.3 Å². The predicted molar refractivity (Wildman–Crippen MR) is 108 cm³/mol. The van der Waals surface area contributed by atoms with E-state index in [0.717, 1.165) is 0 Å². The van der Waals surface area contributed by atoms with Crippen molar-refractivity contribution < 1.29 is 52.2 Å². The van der Waals surface area contributed by atoms with Crippen molar-refractivity contribution in [2.45, 2.75) is 24.5 Å². The number of aliphatic hydroxyl groups excluding tert-OH is 2. The van der Waals surface area contributed by atoms with Gasteiger partial charge < -0.3 is 45.3 Å². The Morgan fingerprint density at radius 3 is 2.59 bits per heavy atom. The molecule has 1 saturated heterocycles. The molecule has 1 aliphatic rings. The standard InChI is InChI=1S/C11H17N5O11P2.C3H3N2/c1-15-3-16(8-5(15)9(19)14-11(12)13-8)10-7(18)6(17)4(26-10)2-25-29(23,24)27-28(20,21)22;1-2-5-3-4-1/h3-4,6-7,10,17-18H,2H2,1H3,(H5-,12,13,14,19,20,21,22,23,24);1-3H/q;-1/p+1/t4-,6-,7-,10-;/m1./s1. The second kappa shape index (κ2) is 10.0. The second-order valence-electron chi connectivity index (χ2n) is 6.85. The SMILES string of the molecule is C[n+]1cn([C@@H]2O[C@H](COP(=O)(O)OP(=O)(O)O)[C@@H](O)[C@H]2O)c2nc(N)[nH]c(=O)c21.c1c[n-]cn1. The Kier molecular flexibility index (Phi) is 7.69. The van der Waals surface area contributed by atoms with E-state index in [-0.39, 0.29) is 17.1 Å². The quantitative estimate of drug-likeness (QED) is 0.125. The summed E-state index contributed by atoms with van der Waals surface area (Å²) in [6, 6.07) is 0. The van der Waals surface area contributed by atoms with E-state index in [1.54, 1.807) is 12.4 Å². The lowest BCUT2D eigenvalue weighted by molar-refractivity contribution is -0.646. The zero-order valence-corrected chi connectivity index (χ0v) is 19.0. The van der Waals surface area contributed by atoms with Crippen molar-refractivity contribution in [2.24, 2.45) is 7.05 Å². The molecule has 3 aromatic heterocycles. The summed E-state index contributed by atoms with van der Waals surface area (Å²) in [5, 5.41) is 20.5. The Labute approximate surface area is 189 Å². The molecular formula is C14H21N7O11P2. The number of hydrogen-bond acceptors (Lipinski definition) is 11. The lowest BCUT2D eigenvalue weighted by Crippen LogP contribution is -2.34. The maximum Gasteiger partial charge on any atom is 0.481 e. The molecule has 188 valence electrons. The number of anilines is 1. The predicted octanol–water partition coefficient (Wildman–Crippen LogP) is -2.98. The van der Waals surface area contributed by atoms with Crippen LogP contribution in [-0.4, -0.2) is 69.3 Å². The minimum atomic E-state index is -5.32. The van der Waals surface area contributed by atoms with Gasteiger partial charge in [0.15, 0.2) is 0 Å². The van der Waals surface area contributed by atoms with Crippen molar-refractivity contribution in [1.82, 2.24) is 24.5 Å². The molecule has 0 bridgehead atoms. The molecular weight excluding hydrogens is 504 g/mol. The number of H-pyrrole nitrogens is 1. The monoisotopic (exact) mass is 525 g/mol. The Hall–Kier alpha value is -2.50. The van der Waals surface area contributed by atoms with Gasteiger partial charge in [-0.3, -0.25) is 14.3 Å².